The van der Waals surface area contributed by atoms with E-state index in [9.17, 15) is 9.00 Å². The van der Waals surface area contributed by atoms with Gasteiger partial charge in [-0.2, -0.15) is 0 Å². The van der Waals surface area contributed by atoms with E-state index in [0.29, 0.717) is 4.90 Å². The quantitative estimate of drug-likeness (QED) is 0.755. The maximum atomic E-state index is 13.6. The second-order valence-electron chi connectivity index (χ2n) is 7.78. The third kappa shape index (κ3) is 5.60. The van der Waals surface area contributed by atoms with Crippen LogP contribution in [0.15, 0.2) is 59.5 Å². The van der Waals surface area contributed by atoms with Crippen LogP contribution in [0.4, 0.5) is 4.79 Å². The first-order chi connectivity index (χ1) is 12.5. The zero-order chi connectivity index (χ0) is 20.2. The van der Waals surface area contributed by atoms with Gasteiger partial charge in [0.15, 0.2) is 0 Å². The van der Waals surface area contributed by atoms with Crippen LogP contribution >= 0.6 is 0 Å². The van der Waals surface area contributed by atoms with Crippen LogP contribution in [-0.4, -0.2) is 27.0 Å². The van der Waals surface area contributed by atoms with Gasteiger partial charge in [0.25, 0.3) is 0 Å². The molecule has 0 radical (unpaired) electrons. The lowest BCUT2D eigenvalue weighted by Gasteiger charge is -2.30. The Kier molecular flexibility index (Phi) is 6.37. The van der Waals surface area contributed by atoms with Crippen molar-refractivity contribution in [3.63, 3.8) is 0 Å². The fourth-order valence-electron chi connectivity index (χ4n) is 2.77. The number of ether oxygens (including phenoxy) is 1. The van der Waals surface area contributed by atoms with Gasteiger partial charge in [-0.05, 0) is 58.2 Å². The van der Waals surface area contributed by atoms with Crippen LogP contribution in [0.3, 0.4) is 0 Å². The minimum atomic E-state index is -2.66. The largest absolute Gasteiger partial charge is 0.444 e. The highest BCUT2D eigenvalue weighted by molar-refractivity contribution is 8.00. The van der Waals surface area contributed by atoms with Crippen molar-refractivity contribution in [2.75, 3.05) is 0 Å². The first-order valence-electron chi connectivity index (χ1n) is 8.98. The summed E-state index contributed by atoms with van der Waals surface area (Å²) >= 11 is 0. The Hall–Kier alpha value is -2.27. The minimum absolute atomic E-state index is 0.435. The van der Waals surface area contributed by atoms with Crippen molar-refractivity contribution < 1.29 is 13.7 Å². The number of hydrogen-bond acceptors (Lipinski definition) is 3. The molecule has 0 aliphatic carbocycles. The molecule has 4 nitrogen and oxygen atoms in total. The molecule has 2 aromatic rings. The van der Waals surface area contributed by atoms with E-state index in [2.05, 4.69) is 11.2 Å². The Bertz CT molecular complexity index is 866. The number of carbonyl (C=O) groups excluding carboxylic acids is 1. The number of carbonyl (C=O) groups is 1. The molecule has 0 fully saturated rings. The standard InChI is InChI=1S/C22H29NO3S/c1-16-12-14-19(15-13-16)27(6,25)17(2)20(18-10-8-7-9-11-18)23-21(24)26-22(3,4)5/h7-15,17,20H,6H2,1-5H3,(H,23,24)/t17-,20-,27?/m0/s1. The summed E-state index contributed by atoms with van der Waals surface area (Å²) in [7, 11) is -2.66. The molecule has 1 N–H and O–H groups in total. The molecule has 2 aromatic carbocycles. The number of aryl methyl sites for hydroxylation is 1. The number of amides is 1. The van der Waals surface area contributed by atoms with Crippen molar-refractivity contribution >= 4 is 21.5 Å². The fraction of sp³-hybridized carbons (Fsp3) is 0.364. The smallest absolute Gasteiger partial charge is 0.408 e. The molecular formula is C22H29NO3S. The lowest BCUT2D eigenvalue weighted by molar-refractivity contribution is 0.0503. The zero-order valence-corrected chi connectivity index (χ0v) is 17.5. The molecule has 146 valence electrons. The minimum Gasteiger partial charge on any atom is -0.444 e. The van der Waals surface area contributed by atoms with E-state index in [1.165, 1.54) is 0 Å². The molecule has 0 heterocycles. The van der Waals surface area contributed by atoms with Gasteiger partial charge in [0.1, 0.15) is 5.60 Å². The maximum absolute atomic E-state index is 13.6. The van der Waals surface area contributed by atoms with Crippen molar-refractivity contribution in [1.29, 1.82) is 0 Å². The van der Waals surface area contributed by atoms with Crippen molar-refractivity contribution in [2.24, 2.45) is 0 Å². The number of alkyl carbamates (subject to hydrolysis) is 1. The van der Waals surface area contributed by atoms with Gasteiger partial charge in [-0.15, -0.1) is 0 Å². The molecule has 0 aliphatic heterocycles. The molecule has 0 saturated carbocycles. The predicted molar refractivity (Wildman–Crippen MR) is 113 cm³/mol. The molecule has 2 rings (SSSR count). The lowest BCUT2D eigenvalue weighted by Crippen LogP contribution is -2.41. The number of hydrogen-bond donors (Lipinski definition) is 1. The molecule has 0 spiro atoms. The lowest BCUT2D eigenvalue weighted by atomic mass is 10.0. The molecule has 1 amide bonds. The van der Waals surface area contributed by atoms with Gasteiger partial charge >= 0.3 is 6.09 Å². The first-order valence-corrected chi connectivity index (χ1v) is 10.8. The number of benzene rings is 2. The zero-order valence-electron chi connectivity index (χ0n) is 16.7. The van der Waals surface area contributed by atoms with Gasteiger partial charge in [-0.1, -0.05) is 48.0 Å². The second kappa shape index (κ2) is 8.17. The van der Waals surface area contributed by atoms with E-state index in [1.54, 1.807) is 0 Å². The Morgan fingerprint density at radius 3 is 2.15 bits per heavy atom. The maximum Gasteiger partial charge on any atom is 0.408 e. The summed E-state index contributed by atoms with van der Waals surface area (Å²) in [6.07, 6.45) is -0.540. The molecule has 27 heavy (non-hydrogen) atoms. The molecular weight excluding hydrogens is 358 g/mol. The van der Waals surface area contributed by atoms with Crippen molar-refractivity contribution in [2.45, 2.75) is 56.4 Å². The van der Waals surface area contributed by atoms with Crippen molar-refractivity contribution in [3.05, 3.63) is 65.7 Å². The second-order valence-corrected chi connectivity index (χ2v) is 10.4. The third-order valence-electron chi connectivity index (χ3n) is 4.32. The van der Waals surface area contributed by atoms with Crippen LogP contribution in [0.25, 0.3) is 0 Å². The predicted octanol–water partition coefficient (Wildman–Crippen LogP) is 4.72. The van der Waals surface area contributed by atoms with E-state index >= 15 is 0 Å². The van der Waals surface area contributed by atoms with Crippen LogP contribution in [0.2, 0.25) is 0 Å². The fourth-order valence-corrected chi connectivity index (χ4v) is 4.46. The summed E-state index contributed by atoms with van der Waals surface area (Å²) in [5.74, 6) is 4.03. The molecule has 0 saturated heterocycles. The molecule has 1 unspecified atom stereocenters. The van der Waals surface area contributed by atoms with E-state index in [4.69, 9.17) is 4.74 Å². The van der Waals surface area contributed by atoms with Gasteiger partial charge in [0.05, 0.1) is 11.3 Å². The van der Waals surface area contributed by atoms with E-state index in [-0.39, 0.29) is 0 Å². The highest BCUT2D eigenvalue weighted by Crippen LogP contribution is 2.28. The van der Waals surface area contributed by atoms with Crippen LogP contribution in [0.1, 0.15) is 44.9 Å². The SMILES string of the molecule is C=S(=O)(c1ccc(C)cc1)[C@@H](C)[C@H](NC(=O)OC(C)(C)C)c1ccccc1. The molecule has 0 aliphatic rings. The Balaban J connectivity index is 2.37. The molecule has 0 aromatic heterocycles. The highest BCUT2D eigenvalue weighted by atomic mass is 32.2. The van der Waals surface area contributed by atoms with Crippen LogP contribution < -0.4 is 5.32 Å². The van der Waals surface area contributed by atoms with Gasteiger partial charge < -0.3 is 10.1 Å². The Morgan fingerprint density at radius 2 is 1.63 bits per heavy atom. The average molecular weight is 388 g/mol. The van der Waals surface area contributed by atoms with E-state index < -0.39 is 32.5 Å². The third-order valence-corrected chi connectivity index (χ3v) is 6.86. The summed E-state index contributed by atoms with van der Waals surface area (Å²) in [6.45, 7) is 9.26. The summed E-state index contributed by atoms with van der Waals surface area (Å²) in [4.78, 5) is 13.1. The van der Waals surface area contributed by atoms with Crippen LogP contribution in [0, 0.1) is 6.92 Å². The first kappa shape index (κ1) is 21.0. The van der Waals surface area contributed by atoms with E-state index in [1.807, 2.05) is 89.2 Å². The molecule has 0 bridgehead atoms. The van der Waals surface area contributed by atoms with Crippen molar-refractivity contribution in [1.82, 2.24) is 5.32 Å². The average Bonchev–Trinajstić information content (AvgIpc) is 2.58. The van der Waals surface area contributed by atoms with Crippen molar-refractivity contribution in [3.8, 4) is 0 Å². The van der Waals surface area contributed by atoms with Gasteiger partial charge in [-0.25, -0.2) is 4.79 Å². The Labute approximate surface area is 163 Å². The molecule has 5 heteroatoms. The van der Waals surface area contributed by atoms with Gasteiger partial charge in [0.2, 0.25) is 0 Å². The van der Waals surface area contributed by atoms with Gasteiger partial charge in [0, 0.05) is 14.4 Å². The topological polar surface area (TPSA) is 55.4 Å². The van der Waals surface area contributed by atoms with Gasteiger partial charge in [-0.3, -0.25) is 4.21 Å². The normalized spacial score (nSPS) is 16.0. The summed E-state index contributed by atoms with van der Waals surface area (Å²) < 4.78 is 19.0. The molecule has 3 atom stereocenters. The van der Waals surface area contributed by atoms with Crippen LogP contribution in [0.5, 0.6) is 0 Å². The summed E-state index contributed by atoms with van der Waals surface area (Å²) in [6, 6.07) is 16.5. The Morgan fingerprint density at radius 1 is 1.07 bits per heavy atom. The number of nitrogens with one attached hydrogen (secondary N) is 1. The van der Waals surface area contributed by atoms with Crippen LogP contribution in [-0.2, 0) is 14.3 Å². The monoisotopic (exact) mass is 387 g/mol. The summed E-state index contributed by atoms with van der Waals surface area (Å²) in [5.41, 5.74) is 1.34. The summed E-state index contributed by atoms with van der Waals surface area (Å²) in [5, 5.41) is 2.46. The number of rotatable bonds is 5. The highest BCUT2D eigenvalue weighted by Gasteiger charge is 2.30. The van der Waals surface area contributed by atoms with E-state index in [0.717, 1.165) is 11.1 Å².